The van der Waals surface area contributed by atoms with Gasteiger partial charge in [-0.05, 0) is 32.3 Å². The zero-order valence-corrected chi connectivity index (χ0v) is 13.7. The lowest BCUT2D eigenvalue weighted by molar-refractivity contribution is 0.0630. The van der Waals surface area contributed by atoms with Crippen LogP contribution >= 0.6 is 0 Å². The van der Waals surface area contributed by atoms with Gasteiger partial charge in [-0.1, -0.05) is 20.8 Å². The first-order chi connectivity index (χ1) is 9.18. The third kappa shape index (κ3) is 3.71. The van der Waals surface area contributed by atoms with Crippen molar-refractivity contribution in [1.82, 2.24) is 9.88 Å². The average molecular weight is 277 g/mol. The Balaban J connectivity index is 3.08. The standard InChI is InChI=1S/C16H27N3O/c1-8-17-14-9-11(2)18-10-13(14)15(20)19(7)12(3)16(4,5)6/h9-10,12H,8H2,1-7H3,(H,17,18). The number of hydrogen-bond acceptors (Lipinski definition) is 3. The van der Waals surface area contributed by atoms with E-state index in [1.54, 1.807) is 11.1 Å². The van der Waals surface area contributed by atoms with Gasteiger partial charge >= 0.3 is 0 Å². The summed E-state index contributed by atoms with van der Waals surface area (Å²) in [5.74, 6) is 0.0101. The van der Waals surface area contributed by atoms with Crippen molar-refractivity contribution in [2.45, 2.75) is 47.6 Å². The highest BCUT2D eigenvalue weighted by atomic mass is 16.2. The number of pyridine rings is 1. The van der Waals surface area contributed by atoms with Gasteiger partial charge in [-0.2, -0.15) is 0 Å². The van der Waals surface area contributed by atoms with Crippen molar-refractivity contribution in [3.8, 4) is 0 Å². The lowest BCUT2D eigenvalue weighted by Gasteiger charge is -2.35. The Kier molecular flexibility index (Phi) is 5.15. The molecule has 1 atom stereocenters. The molecule has 0 fully saturated rings. The molecule has 0 aliphatic heterocycles. The van der Waals surface area contributed by atoms with Crippen LogP contribution in [0.15, 0.2) is 12.3 Å². The molecule has 1 rings (SSSR count). The molecule has 0 radical (unpaired) electrons. The highest BCUT2D eigenvalue weighted by Crippen LogP contribution is 2.26. The lowest BCUT2D eigenvalue weighted by atomic mass is 9.87. The summed E-state index contributed by atoms with van der Waals surface area (Å²) in [5, 5.41) is 3.24. The molecule has 0 aromatic carbocycles. The number of amides is 1. The third-order valence-corrected chi connectivity index (χ3v) is 3.79. The van der Waals surface area contributed by atoms with Gasteiger partial charge in [0.25, 0.3) is 5.91 Å². The summed E-state index contributed by atoms with van der Waals surface area (Å²) in [6, 6.07) is 2.07. The minimum Gasteiger partial charge on any atom is -0.385 e. The van der Waals surface area contributed by atoms with Gasteiger partial charge in [0.1, 0.15) is 0 Å². The van der Waals surface area contributed by atoms with Gasteiger partial charge in [0.15, 0.2) is 0 Å². The summed E-state index contributed by atoms with van der Waals surface area (Å²) in [6.07, 6.45) is 1.67. The fourth-order valence-electron chi connectivity index (χ4n) is 2.01. The van der Waals surface area contributed by atoms with E-state index < -0.39 is 0 Å². The molecular formula is C16H27N3O. The van der Waals surface area contributed by atoms with Crippen LogP contribution in [0.5, 0.6) is 0 Å². The highest BCUT2D eigenvalue weighted by molar-refractivity contribution is 5.99. The molecule has 1 aromatic rings. The van der Waals surface area contributed by atoms with Crippen LogP contribution in [0.4, 0.5) is 5.69 Å². The smallest absolute Gasteiger partial charge is 0.257 e. The van der Waals surface area contributed by atoms with Crippen molar-refractivity contribution in [3.63, 3.8) is 0 Å². The van der Waals surface area contributed by atoms with Crippen LogP contribution in [0.3, 0.4) is 0 Å². The number of nitrogens with zero attached hydrogens (tertiary/aromatic N) is 2. The Morgan fingerprint density at radius 1 is 1.45 bits per heavy atom. The quantitative estimate of drug-likeness (QED) is 0.918. The molecule has 1 unspecified atom stereocenters. The average Bonchev–Trinajstić information content (AvgIpc) is 2.36. The number of carbonyl (C=O) groups excluding carboxylic acids is 1. The third-order valence-electron chi connectivity index (χ3n) is 3.79. The fraction of sp³-hybridized carbons (Fsp3) is 0.625. The Labute approximate surface area is 122 Å². The first kappa shape index (κ1) is 16.5. The SMILES string of the molecule is CCNc1cc(C)ncc1C(=O)N(C)C(C)C(C)(C)C. The van der Waals surface area contributed by atoms with Gasteiger partial charge in [0, 0.05) is 31.5 Å². The number of aryl methyl sites for hydroxylation is 1. The summed E-state index contributed by atoms with van der Waals surface area (Å²) in [6.45, 7) is 13.2. The van der Waals surface area contributed by atoms with E-state index in [0.717, 1.165) is 17.9 Å². The monoisotopic (exact) mass is 277 g/mol. The lowest BCUT2D eigenvalue weighted by Crippen LogP contribution is -2.43. The summed E-state index contributed by atoms with van der Waals surface area (Å²) in [5.41, 5.74) is 2.44. The van der Waals surface area contributed by atoms with Crippen LogP contribution in [-0.2, 0) is 0 Å². The molecular weight excluding hydrogens is 250 g/mol. The van der Waals surface area contributed by atoms with Crippen molar-refractivity contribution < 1.29 is 4.79 Å². The van der Waals surface area contributed by atoms with E-state index in [4.69, 9.17) is 0 Å². The van der Waals surface area contributed by atoms with E-state index in [9.17, 15) is 4.79 Å². The maximum absolute atomic E-state index is 12.7. The summed E-state index contributed by atoms with van der Waals surface area (Å²) in [4.78, 5) is 18.7. The molecule has 4 heteroatoms. The van der Waals surface area contributed by atoms with E-state index >= 15 is 0 Å². The maximum atomic E-state index is 12.7. The Hall–Kier alpha value is -1.58. The molecule has 1 heterocycles. The van der Waals surface area contributed by atoms with Crippen molar-refractivity contribution in [2.24, 2.45) is 5.41 Å². The van der Waals surface area contributed by atoms with Crippen molar-refractivity contribution >= 4 is 11.6 Å². The van der Waals surface area contributed by atoms with Gasteiger partial charge in [0.2, 0.25) is 0 Å². The first-order valence-electron chi connectivity index (χ1n) is 7.16. The Morgan fingerprint density at radius 2 is 2.05 bits per heavy atom. The summed E-state index contributed by atoms with van der Waals surface area (Å²) < 4.78 is 0. The second-order valence-corrected chi connectivity index (χ2v) is 6.36. The van der Waals surface area contributed by atoms with Gasteiger partial charge in [0.05, 0.1) is 11.3 Å². The minimum absolute atomic E-state index is 0.0101. The largest absolute Gasteiger partial charge is 0.385 e. The molecule has 0 aliphatic rings. The van der Waals surface area contributed by atoms with Crippen LogP contribution < -0.4 is 5.32 Å². The van der Waals surface area contributed by atoms with E-state index in [1.807, 2.05) is 27.0 Å². The predicted octanol–water partition coefficient (Wildman–Crippen LogP) is 3.33. The molecule has 1 N–H and O–H groups in total. The normalized spacial score (nSPS) is 12.9. The topological polar surface area (TPSA) is 45.2 Å². The highest BCUT2D eigenvalue weighted by Gasteiger charge is 2.28. The predicted molar refractivity (Wildman–Crippen MR) is 84.1 cm³/mol. The second kappa shape index (κ2) is 6.25. The Bertz CT molecular complexity index is 477. The molecule has 4 nitrogen and oxygen atoms in total. The Morgan fingerprint density at radius 3 is 2.55 bits per heavy atom. The van der Waals surface area contributed by atoms with Crippen molar-refractivity contribution in [3.05, 3.63) is 23.5 Å². The number of aromatic nitrogens is 1. The van der Waals surface area contributed by atoms with Gasteiger partial charge in [-0.15, -0.1) is 0 Å². The van der Waals surface area contributed by atoms with E-state index in [2.05, 4.69) is 38.0 Å². The second-order valence-electron chi connectivity index (χ2n) is 6.36. The van der Waals surface area contributed by atoms with Gasteiger partial charge < -0.3 is 10.2 Å². The number of hydrogen-bond donors (Lipinski definition) is 1. The molecule has 0 bridgehead atoms. The van der Waals surface area contributed by atoms with E-state index in [0.29, 0.717) is 5.56 Å². The zero-order chi connectivity index (χ0) is 15.5. The number of anilines is 1. The number of carbonyl (C=O) groups is 1. The molecule has 20 heavy (non-hydrogen) atoms. The minimum atomic E-state index is 0.0101. The molecule has 0 aliphatic carbocycles. The molecule has 0 saturated heterocycles. The van der Waals surface area contributed by atoms with E-state index in [1.165, 1.54) is 0 Å². The van der Waals surface area contributed by atoms with Crippen LogP contribution in [0.25, 0.3) is 0 Å². The van der Waals surface area contributed by atoms with Crippen LogP contribution in [0, 0.1) is 12.3 Å². The van der Waals surface area contributed by atoms with Crippen molar-refractivity contribution in [1.29, 1.82) is 0 Å². The maximum Gasteiger partial charge on any atom is 0.257 e. The summed E-state index contributed by atoms with van der Waals surface area (Å²) >= 11 is 0. The molecule has 1 amide bonds. The van der Waals surface area contributed by atoms with Crippen molar-refractivity contribution in [2.75, 3.05) is 18.9 Å². The van der Waals surface area contributed by atoms with Crippen LogP contribution in [0.2, 0.25) is 0 Å². The zero-order valence-electron chi connectivity index (χ0n) is 13.7. The fourth-order valence-corrected chi connectivity index (χ4v) is 2.01. The molecule has 1 aromatic heterocycles. The molecule has 112 valence electrons. The van der Waals surface area contributed by atoms with E-state index in [-0.39, 0.29) is 17.4 Å². The van der Waals surface area contributed by atoms with Gasteiger partial charge in [-0.3, -0.25) is 9.78 Å². The summed E-state index contributed by atoms with van der Waals surface area (Å²) in [7, 11) is 1.85. The number of nitrogens with one attached hydrogen (secondary N) is 1. The van der Waals surface area contributed by atoms with Crippen LogP contribution in [-0.4, -0.2) is 35.4 Å². The first-order valence-corrected chi connectivity index (χ1v) is 7.16. The number of rotatable bonds is 4. The molecule has 0 spiro atoms. The molecule has 0 saturated carbocycles. The van der Waals surface area contributed by atoms with Crippen LogP contribution in [0.1, 0.15) is 50.7 Å². The van der Waals surface area contributed by atoms with Gasteiger partial charge in [-0.25, -0.2) is 0 Å².